The van der Waals surface area contributed by atoms with Crippen LogP contribution in [-0.4, -0.2) is 31.6 Å². The van der Waals surface area contributed by atoms with E-state index >= 15 is 0 Å². The number of hydrogen-bond acceptors (Lipinski definition) is 4. The molecule has 0 aliphatic carbocycles. The third-order valence-electron chi connectivity index (χ3n) is 4.08. The maximum atomic E-state index is 13.4. The molecule has 0 saturated heterocycles. The Balaban J connectivity index is 2.14. The third kappa shape index (κ3) is 6.19. The average molecular weight is 412 g/mol. The van der Waals surface area contributed by atoms with Gasteiger partial charge in [0.1, 0.15) is 5.75 Å². The molecule has 0 bridgehead atoms. The maximum Gasteiger partial charge on any atom is 0.322 e. The molecule has 6 nitrogen and oxygen atoms in total. The number of rotatable bonds is 7. The van der Waals surface area contributed by atoms with E-state index in [-0.39, 0.29) is 24.0 Å². The number of urea groups is 1. The van der Waals surface area contributed by atoms with Gasteiger partial charge in [0, 0.05) is 24.3 Å². The summed E-state index contributed by atoms with van der Waals surface area (Å²) in [7, 11) is -3.62. The molecular weight excluding hydrogens is 390 g/mol. The zero-order valence-electron chi connectivity index (χ0n) is 15.8. The van der Waals surface area contributed by atoms with Crippen LogP contribution in [0.25, 0.3) is 0 Å². The number of nitrogens with one attached hydrogen (secondary N) is 1. The van der Waals surface area contributed by atoms with E-state index in [1.807, 2.05) is 13.8 Å². The smallest absolute Gasteiger partial charge is 0.322 e. The van der Waals surface area contributed by atoms with Crippen LogP contribution >= 0.6 is 0 Å². The van der Waals surface area contributed by atoms with Crippen molar-refractivity contribution in [2.24, 2.45) is 0 Å². The van der Waals surface area contributed by atoms with E-state index in [1.54, 1.807) is 17.0 Å². The minimum absolute atomic E-state index is 0.128. The van der Waals surface area contributed by atoms with Crippen molar-refractivity contribution in [2.45, 2.75) is 32.9 Å². The number of carbonyl (C=O) groups excluding carboxylic acids is 1. The van der Waals surface area contributed by atoms with Gasteiger partial charge in [-0.3, -0.25) is 0 Å². The molecule has 0 aliphatic heterocycles. The fourth-order valence-corrected chi connectivity index (χ4v) is 2.90. The SMILES string of the molecule is CC[C@H](C)N(Cc1ccc(OS(C)(=O)=O)cc1)C(=O)Nc1ccc(F)c(F)c1. The number of carbonyl (C=O) groups is 1. The first-order valence-corrected chi connectivity index (χ1v) is 10.4. The second-order valence-corrected chi connectivity index (χ2v) is 7.95. The molecule has 152 valence electrons. The Morgan fingerprint density at radius 3 is 2.32 bits per heavy atom. The van der Waals surface area contributed by atoms with Crippen molar-refractivity contribution in [3.05, 3.63) is 59.7 Å². The molecule has 1 atom stereocenters. The maximum absolute atomic E-state index is 13.4. The van der Waals surface area contributed by atoms with E-state index in [9.17, 15) is 22.0 Å². The lowest BCUT2D eigenvalue weighted by molar-refractivity contribution is 0.187. The highest BCUT2D eigenvalue weighted by atomic mass is 32.2. The highest BCUT2D eigenvalue weighted by Crippen LogP contribution is 2.19. The predicted octanol–water partition coefficient (Wildman–Crippen LogP) is 4.14. The van der Waals surface area contributed by atoms with Gasteiger partial charge < -0.3 is 14.4 Å². The summed E-state index contributed by atoms with van der Waals surface area (Å²) in [5, 5.41) is 2.56. The quantitative estimate of drug-likeness (QED) is 0.694. The fourth-order valence-electron chi connectivity index (χ4n) is 2.44. The molecule has 0 unspecified atom stereocenters. The molecular formula is C19H22F2N2O4S. The summed E-state index contributed by atoms with van der Waals surface area (Å²) in [6.45, 7) is 4.03. The zero-order valence-corrected chi connectivity index (χ0v) is 16.6. The van der Waals surface area contributed by atoms with Gasteiger partial charge in [0.05, 0.1) is 6.26 Å². The van der Waals surface area contributed by atoms with Gasteiger partial charge in [-0.1, -0.05) is 19.1 Å². The molecule has 0 fully saturated rings. The topological polar surface area (TPSA) is 75.7 Å². The molecule has 2 amide bonds. The molecule has 2 aromatic carbocycles. The lowest BCUT2D eigenvalue weighted by Gasteiger charge is -2.29. The van der Waals surface area contributed by atoms with Gasteiger partial charge in [-0.05, 0) is 43.2 Å². The van der Waals surface area contributed by atoms with Crippen LogP contribution in [0.4, 0.5) is 19.3 Å². The zero-order chi connectivity index (χ0) is 20.9. The first kappa shape index (κ1) is 21.6. The number of benzene rings is 2. The van der Waals surface area contributed by atoms with Gasteiger partial charge in [0.15, 0.2) is 11.6 Å². The van der Waals surface area contributed by atoms with Crippen molar-refractivity contribution in [1.29, 1.82) is 0 Å². The van der Waals surface area contributed by atoms with E-state index in [0.29, 0.717) is 6.42 Å². The van der Waals surface area contributed by atoms with Crippen LogP contribution in [0.3, 0.4) is 0 Å². The fraction of sp³-hybridized carbons (Fsp3) is 0.316. The Kier molecular flexibility index (Phi) is 6.95. The average Bonchev–Trinajstić information content (AvgIpc) is 2.62. The van der Waals surface area contributed by atoms with Crippen molar-refractivity contribution in [2.75, 3.05) is 11.6 Å². The molecule has 2 aromatic rings. The van der Waals surface area contributed by atoms with Crippen molar-refractivity contribution in [3.8, 4) is 5.75 Å². The minimum atomic E-state index is -3.62. The molecule has 1 N–H and O–H groups in total. The van der Waals surface area contributed by atoms with Crippen molar-refractivity contribution >= 4 is 21.8 Å². The van der Waals surface area contributed by atoms with Crippen LogP contribution in [0.2, 0.25) is 0 Å². The van der Waals surface area contributed by atoms with Gasteiger partial charge in [-0.2, -0.15) is 8.42 Å². The van der Waals surface area contributed by atoms with Crippen LogP contribution in [0.1, 0.15) is 25.8 Å². The summed E-state index contributed by atoms with van der Waals surface area (Å²) < 4.78 is 53.5. The van der Waals surface area contributed by atoms with E-state index in [0.717, 1.165) is 24.0 Å². The molecule has 9 heteroatoms. The van der Waals surface area contributed by atoms with Crippen LogP contribution < -0.4 is 9.50 Å². The Morgan fingerprint density at radius 2 is 1.79 bits per heavy atom. The summed E-state index contributed by atoms with van der Waals surface area (Å²) in [5.74, 6) is -1.87. The van der Waals surface area contributed by atoms with Crippen LogP contribution in [-0.2, 0) is 16.7 Å². The molecule has 0 radical (unpaired) electrons. The summed E-state index contributed by atoms with van der Waals surface area (Å²) in [5.41, 5.74) is 0.899. The van der Waals surface area contributed by atoms with Crippen LogP contribution in [0.5, 0.6) is 5.75 Å². The standard InChI is InChI=1S/C19H22F2N2O4S/c1-4-13(2)23(19(24)22-15-7-10-17(20)18(21)11-15)12-14-5-8-16(9-6-14)27-28(3,25)26/h5-11,13H,4,12H2,1-3H3,(H,22,24)/t13-/m0/s1. The van der Waals surface area contributed by atoms with Gasteiger partial charge in [-0.25, -0.2) is 13.6 Å². The van der Waals surface area contributed by atoms with Gasteiger partial charge in [0.25, 0.3) is 0 Å². The van der Waals surface area contributed by atoms with E-state index in [2.05, 4.69) is 5.32 Å². The number of amides is 2. The van der Waals surface area contributed by atoms with Gasteiger partial charge in [-0.15, -0.1) is 0 Å². The number of nitrogens with zero attached hydrogens (tertiary/aromatic N) is 1. The number of halogens is 2. The first-order chi connectivity index (χ1) is 13.1. The Hall–Kier alpha value is -2.68. The van der Waals surface area contributed by atoms with E-state index < -0.39 is 27.8 Å². The lowest BCUT2D eigenvalue weighted by atomic mass is 10.1. The van der Waals surface area contributed by atoms with Gasteiger partial charge >= 0.3 is 16.1 Å². The highest BCUT2D eigenvalue weighted by Gasteiger charge is 2.20. The van der Waals surface area contributed by atoms with Crippen molar-refractivity contribution < 1.29 is 26.2 Å². The first-order valence-electron chi connectivity index (χ1n) is 8.60. The molecule has 0 spiro atoms. The van der Waals surface area contributed by atoms with Crippen LogP contribution in [0.15, 0.2) is 42.5 Å². The summed E-state index contributed by atoms with van der Waals surface area (Å²) in [6, 6.07) is 8.85. The predicted molar refractivity (Wildman–Crippen MR) is 103 cm³/mol. The molecule has 2 rings (SSSR count). The summed E-state index contributed by atoms with van der Waals surface area (Å²) >= 11 is 0. The van der Waals surface area contributed by atoms with Crippen molar-refractivity contribution in [3.63, 3.8) is 0 Å². The van der Waals surface area contributed by atoms with Crippen LogP contribution in [0, 0.1) is 11.6 Å². The molecule has 28 heavy (non-hydrogen) atoms. The monoisotopic (exact) mass is 412 g/mol. The largest absolute Gasteiger partial charge is 0.383 e. The summed E-state index contributed by atoms with van der Waals surface area (Å²) in [6.07, 6.45) is 1.63. The van der Waals surface area contributed by atoms with E-state index in [1.165, 1.54) is 18.2 Å². The molecule has 0 saturated carbocycles. The normalized spacial score (nSPS) is 12.3. The molecule has 0 aromatic heterocycles. The summed E-state index contributed by atoms with van der Waals surface area (Å²) in [4.78, 5) is 14.2. The minimum Gasteiger partial charge on any atom is -0.383 e. The van der Waals surface area contributed by atoms with E-state index in [4.69, 9.17) is 4.18 Å². The lowest BCUT2D eigenvalue weighted by Crippen LogP contribution is -2.40. The Labute approximate surface area is 163 Å². The molecule has 0 aliphatic rings. The van der Waals surface area contributed by atoms with Gasteiger partial charge in [0.2, 0.25) is 0 Å². The highest BCUT2D eigenvalue weighted by molar-refractivity contribution is 7.86. The third-order valence-corrected chi connectivity index (χ3v) is 4.57. The Morgan fingerprint density at radius 1 is 1.14 bits per heavy atom. The number of anilines is 1. The molecule has 0 heterocycles. The van der Waals surface area contributed by atoms with Crippen molar-refractivity contribution in [1.82, 2.24) is 4.90 Å². The number of hydrogen-bond donors (Lipinski definition) is 1. The second-order valence-electron chi connectivity index (χ2n) is 6.38. The second kappa shape index (κ2) is 9.01. The Bertz CT molecular complexity index is 933.